The third-order valence-corrected chi connectivity index (χ3v) is 1.85. The highest BCUT2D eigenvalue weighted by Gasteiger charge is 2.04. The van der Waals surface area contributed by atoms with Crippen molar-refractivity contribution in [3.8, 4) is 5.75 Å². The van der Waals surface area contributed by atoms with Gasteiger partial charge in [0.2, 0.25) is 0 Å². The quantitative estimate of drug-likeness (QED) is 0.632. The Morgan fingerprint density at radius 1 is 1.45 bits per heavy atom. The lowest BCUT2D eigenvalue weighted by Crippen LogP contribution is -1.72. The van der Waals surface area contributed by atoms with Crippen molar-refractivity contribution in [2.24, 2.45) is 0 Å². The number of phenols is 1. The van der Waals surface area contributed by atoms with Gasteiger partial charge in [-0.3, -0.25) is 5.10 Å². The number of H-pyrrole nitrogens is 1. The molecule has 0 saturated carbocycles. The number of aromatic nitrogens is 2. The third kappa shape index (κ3) is 0.851. The maximum atomic E-state index is 9.34. The van der Waals surface area contributed by atoms with Crippen LogP contribution in [-0.2, 0) is 0 Å². The van der Waals surface area contributed by atoms with Crippen LogP contribution in [0.3, 0.4) is 0 Å². The molecule has 0 atom stereocenters. The van der Waals surface area contributed by atoms with E-state index in [-0.39, 0.29) is 5.75 Å². The van der Waals surface area contributed by atoms with Crippen molar-refractivity contribution in [2.75, 3.05) is 0 Å². The Bertz CT molecular complexity index is 396. The van der Waals surface area contributed by atoms with E-state index >= 15 is 0 Å². The second kappa shape index (κ2) is 2.13. The summed E-state index contributed by atoms with van der Waals surface area (Å²) in [5, 5.41) is 16.9. The summed E-state index contributed by atoms with van der Waals surface area (Å²) in [5.74, 6) is 0.0571. The highest BCUT2D eigenvalue weighted by Crippen LogP contribution is 2.29. The van der Waals surface area contributed by atoms with Crippen LogP contribution >= 0.6 is 11.6 Å². The van der Waals surface area contributed by atoms with Crippen LogP contribution in [0.4, 0.5) is 0 Å². The van der Waals surface area contributed by atoms with E-state index in [1.807, 2.05) is 0 Å². The van der Waals surface area contributed by atoms with Gasteiger partial charge in [-0.05, 0) is 12.1 Å². The molecule has 11 heavy (non-hydrogen) atoms. The van der Waals surface area contributed by atoms with Crippen LogP contribution < -0.4 is 0 Å². The number of aromatic amines is 1. The monoisotopic (exact) mass is 168 g/mol. The van der Waals surface area contributed by atoms with E-state index in [4.69, 9.17) is 11.6 Å². The van der Waals surface area contributed by atoms with Gasteiger partial charge < -0.3 is 5.11 Å². The molecule has 2 N–H and O–H groups in total. The van der Waals surface area contributed by atoms with Gasteiger partial charge in [0.25, 0.3) is 0 Å². The summed E-state index contributed by atoms with van der Waals surface area (Å²) in [5.41, 5.74) is 0.581. The van der Waals surface area contributed by atoms with Gasteiger partial charge in [0.15, 0.2) is 5.75 Å². The number of halogens is 1. The second-order valence-corrected chi connectivity index (χ2v) is 2.64. The molecule has 1 aromatic heterocycles. The molecule has 0 bridgehead atoms. The number of hydrogen-bond donors (Lipinski definition) is 2. The number of benzene rings is 1. The molecule has 0 radical (unpaired) electrons. The van der Waals surface area contributed by atoms with Crippen molar-refractivity contribution < 1.29 is 5.11 Å². The number of rotatable bonds is 0. The van der Waals surface area contributed by atoms with E-state index in [0.29, 0.717) is 10.5 Å². The Morgan fingerprint density at radius 3 is 3.09 bits per heavy atom. The number of phenolic OH excluding ortho intramolecular Hbond substituents is 1. The second-order valence-electron chi connectivity index (χ2n) is 2.23. The van der Waals surface area contributed by atoms with E-state index in [2.05, 4.69) is 10.2 Å². The number of aromatic hydroxyl groups is 1. The zero-order valence-corrected chi connectivity index (χ0v) is 6.26. The fourth-order valence-corrected chi connectivity index (χ4v) is 1.13. The van der Waals surface area contributed by atoms with Gasteiger partial charge >= 0.3 is 0 Å². The first-order chi connectivity index (χ1) is 5.29. The predicted octanol–water partition coefficient (Wildman–Crippen LogP) is 1.92. The smallest absolute Gasteiger partial charge is 0.159 e. The first kappa shape index (κ1) is 6.49. The normalized spacial score (nSPS) is 10.6. The van der Waals surface area contributed by atoms with E-state index in [1.54, 1.807) is 18.3 Å². The molecule has 2 rings (SSSR count). The van der Waals surface area contributed by atoms with Gasteiger partial charge in [-0.1, -0.05) is 11.6 Å². The minimum atomic E-state index is 0.0571. The molecule has 0 aliphatic heterocycles. The Hall–Kier alpha value is -1.22. The third-order valence-electron chi connectivity index (χ3n) is 1.54. The zero-order chi connectivity index (χ0) is 7.84. The lowest BCUT2D eigenvalue weighted by molar-refractivity contribution is 0.480. The average Bonchev–Trinajstić information content (AvgIpc) is 2.45. The van der Waals surface area contributed by atoms with E-state index in [0.717, 1.165) is 5.39 Å². The van der Waals surface area contributed by atoms with Crippen LogP contribution in [0, 0.1) is 0 Å². The van der Waals surface area contributed by atoms with E-state index in [1.165, 1.54) is 0 Å². The summed E-state index contributed by atoms with van der Waals surface area (Å²) < 4.78 is 0. The molecule has 0 saturated heterocycles. The lowest BCUT2D eigenvalue weighted by atomic mass is 10.2. The van der Waals surface area contributed by atoms with Crippen molar-refractivity contribution >= 4 is 22.5 Å². The van der Waals surface area contributed by atoms with Crippen LogP contribution in [0.5, 0.6) is 5.75 Å². The Balaban J connectivity index is 2.93. The van der Waals surface area contributed by atoms with Gasteiger partial charge in [-0.25, -0.2) is 0 Å². The molecule has 1 aromatic carbocycles. The Morgan fingerprint density at radius 2 is 2.27 bits per heavy atom. The first-order valence-corrected chi connectivity index (χ1v) is 3.47. The molecular weight excluding hydrogens is 164 g/mol. The summed E-state index contributed by atoms with van der Waals surface area (Å²) >= 11 is 5.65. The molecule has 56 valence electrons. The standard InChI is InChI=1S/C7H5ClN2O/c8-5-2-1-4-3-9-10-6(4)7(5)11/h1-3,11H,(H,9,10). The van der Waals surface area contributed by atoms with E-state index in [9.17, 15) is 5.11 Å². The lowest BCUT2D eigenvalue weighted by Gasteiger charge is -1.95. The van der Waals surface area contributed by atoms with Crippen molar-refractivity contribution in [1.82, 2.24) is 10.2 Å². The first-order valence-electron chi connectivity index (χ1n) is 3.09. The van der Waals surface area contributed by atoms with Crippen LogP contribution in [-0.4, -0.2) is 15.3 Å². The number of nitrogens with zero attached hydrogens (tertiary/aromatic N) is 1. The van der Waals surface area contributed by atoms with Crippen LogP contribution in [0.25, 0.3) is 10.9 Å². The van der Waals surface area contributed by atoms with Crippen molar-refractivity contribution in [1.29, 1.82) is 0 Å². The summed E-state index contributed by atoms with van der Waals surface area (Å²) in [6.45, 7) is 0. The summed E-state index contributed by atoms with van der Waals surface area (Å²) in [6, 6.07) is 3.43. The molecular formula is C7H5ClN2O. The fraction of sp³-hybridized carbons (Fsp3) is 0. The molecule has 1 heterocycles. The van der Waals surface area contributed by atoms with Crippen molar-refractivity contribution in [3.63, 3.8) is 0 Å². The fourth-order valence-electron chi connectivity index (χ4n) is 0.973. The molecule has 0 unspecified atom stereocenters. The summed E-state index contributed by atoms with van der Waals surface area (Å²) in [6.07, 6.45) is 1.63. The average molecular weight is 169 g/mol. The van der Waals surface area contributed by atoms with Crippen LogP contribution in [0.1, 0.15) is 0 Å². The maximum Gasteiger partial charge on any atom is 0.159 e. The van der Waals surface area contributed by atoms with Gasteiger partial charge in [0.05, 0.1) is 11.2 Å². The Labute approximate surface area is 67.6 Å². The molecule has 4 heteroatoms. The largest absolute Gasteiger partial charge is 0.504 e. The minimum Gasteiger partial charge on any atom is -0.504 e. The summed E-state index contributed by atoms with van der Waals surface area (Å²) in [4.78, 5) is 0. The summed E-state index contributed by atoms with van der Waals surface area (Å²) in [7, 11) is 0. The molecule has 0 spiro atoms. The van der Waals surface area contributed by atoms with E-state index < -0.39 is 0 Å². The van der Waals surface area contributed by atoms with Crippen molar-refractivity contribution in [3.05, 3.63) is 23.4 Å². The number of fused-ring (bicyclic) bond motifs is 1. The zero-order valence-electron chi connectivity index (χ0n) is 5.50. The molecule has 3 nitrogen and oxygen atoms in total. The van der Waals surface area contributed by atoms with Gasteiger partial charge in [0, 0.05) is 5.39 Å². The number of hydrogen-bond acceptors (Lipinski definition) is 2. The highest BCUT2D eigenvalue weighted by atomic mass is 35.5. The highest BCUT2D eigenvalue weighted by molar-refractivity contribution is 6.33. The maximum absolute atomic E-state index is 9.34. The SMILES string of the molecule is Oc1c(Cl)ccc2cn[nH]c12. The van der Waals surface area contributed by atoms with Gasteiger partial charge in [0.1, 0.15) is 5.52 Å². The topological polar surface area (TPSA) is 48.9 Å². The van der Waals surface area contributed by atoms with Crippen LogP contribution in [0.15, 0.2) is 18.3 Å². The molecule has 0 amide bonds. The molecule has 0 fully saturated rings. The van der Waals surface area contributed by atoms with Gasteiger partial charge in [-0.2, -0.15) is 5.10 Å². The predicted molar refractivity (Wildman–Crippen MR) is 42.8 cm³/mol. The molecule has 2 aromatic rings. The number of nitrogens with one attached hydrogen (secondary N) is 1. The molecule has 0 aliphatic carbocycles. The van der Waals surface area contributed by atoms with Crippen LogP contribution in [0.2, 0.25) is 5.02 Å². The van der Waals surface area contributed by atoms with Crippen molar-refractivity contribution in [2.45, 2.75) is 0 Å². The minimum absolute atomic E-state index is 0.0571. The molecule has 0 aliphatic rings. The van der Waals surface area contributed by atoms with Gasteiger partial charge in [-0.15, -0.1) is 0 Å². The Kier molecular flexibility index (Phi) is 1.26.